The zero-order valence-electron chi connectivity index (χ0n) is 10.3. The van der Waals surface area contributed by atoms with Crippen molar-refractivity contribution in [1.29, 1.82) is 0 Å². The van der Waals surface area contributed by atoms with Crippen molar-refractivity contribution in [2.75, 3.05) is 25.5 Å². The van der Waals surface area contributed by atoms with Gasteiger partial charge in [-0.3, -0.25) is 10.1 Å². The third-order valence-electron chi connectivity index (χ3n) is 3.06. The molecule has 1 aromatic heterocycles. The van der Waals surface area contributed by atoms with E-state index in [4.69, 9.17) is 4.74 Å². The second-order valence-corrected chi connectivity index (χ2v) is 4.30. The van der Waals surface area contributed by atoms with E-state index in [-0.39, 0.29) is 17.8 Å². The third-order valence-corrected chi connectivity index (χ3v) is 3.06. The lowest BCUT2D eigenvalue weighted by molar-refractivity contribution is -0.385. The second-order valence-electron chi connectivity index (χ2n) is 4.30. The molecule has 7 heteroatoms. The number of nitrogens with zero attached hydrogens (tertiary/aromatic N) is 2. The van der Waals surface area contributed by atoms with Gasteiger partial charge in [-0.2, -0.15) is 0 Å². The zero-order valence-corrected chi connectivity index (χ0v) is 10.3. The molecular weight excluding hydrogens is 236 g/mol. The third kappa shape index (κ3) is 2.57. The maximum atomic E-state index is 10.6. The lowest BCUT2D eigenvalue weighted by Gasteiger charge is -2.19. The average molecular weight is 252 g/mol. The van der Waals surface area contributed by atoms with Crippen molar-refractivity contribution in [3.63, 3.8) is 0 Å². The summed E-state index contributed by atoms with van der Waals surface area (Å²) in [7, 11) is 1.67. The molecule has 1 saturated heterocycles. The van der Waals surface area contributed by atoms with Gasteiger partial charge in [0, 0.05) is 26.3 Å². The number of rotatable bonds is 4. The van der Waals surface area contributed by atoms with Crippen LogP contribution in [0.1, 0.15) is 5.56 Å². The maximum Gasteiger partial charge on any atom is 0.287 e. The van der Waals surface area contributed by atoms with Crippen molar-refractivity contribution < 1.29 is 9.66 Å². The van der Waals surface area contributed by atoms with E-state index in [2.05, 4.69) is 15.6 Å². The molecule has 0 saturated carbocycles. The van der Waals surface area contributed by atoms with Gasteiger partial charge >= 0.3 is 0 Å². The number of nitro groups is 1. The lowest BCUT2D eigenvalue weighted by Crippen LogP contribution is -2.34. The van der Waals surface area contributed by atoms with E-state index in [1.807, 2.05) is 0 Å². The predicted octanol–water partition coefficient (Wildman–Crippen LogP) is 0.697. The summed E-state index contributed by atoms with van der Waals surface area (Å²) in [5, 5.41) is 17.1. The average Bonchev–Trinajstić information content (AvgIpc) is 2.78. The molecular formula is C11H16N4O3. The lowest BCUT2D eigenvalue weighted by atomic mass is 10.2. The van der Waals surface area contributed by atoms with E-state index in [1.54, 1.807) is 14.0 Å². The molecule has 1 unspecified atom stereocenters. The number of pyridine rings is 1. The van der Waals surface area contributed by atoms with Crippen molar-refractivity contribution in [2.24, 2.45) is 0 Å². The van der Waals surface area contributed by atoms with Gasteiger partial charge in [-0.15, -0.1) is 0 Å². The molecule has 7 nitrogen and oxygen atoms in total. The Morgan fingerprint density at radius 2 is 2.39 bits per heavy atom. The Morgan fingerprint density at radius 1 is 1.61 bits per heavy atom. The van der Waals surface area contributed by atoms with Gasteiger partial charge in [-0.1, -0.05) is 0 Å². The summed E-state index contributed by atoms with van der Waals surface area (Å²) >= 11 is 0. The van der Waals surface area contributed by atoms with Crippen LogP contribution in [0.15, 0.2) is 12.3 Å². The molecule has 1 fully saturated rings. The van der Waals surface area contributed by atoms with Crippen molar-refractivity contribution in [1.82, 2.24) is 10.3 Å². The fourth-order valence-electron chi connectivity index (χ4n) is 2.03. The normalized spacial score (nSPS) is 23.0. The zero-order chi connectivity index (χ0) is 13.1. The van der Waals surface area contributed by atoms with Crippen LogP contribution in [-0.4, -0.2) is 42.3 Å². The first kappa shape index (κ1) is 12.7. The van der Waals surface area contributed by atoms with Crippen LogP contribution < -0.4 is 10.6 Å². The van der Waals surface area contributed by atoms with Gasteiger partial charge in [-0.25, -0.2) is 4.98 Å². The van der Waals surface area contributed by atoms with Crippen LogP contribution in [0.3, 0.4) is 0 Å². The summed E-state index contributed by atoms with van der Waals surface area (Å²) in [4.78, 5) is 14.3. The molecule has 2 N–H and O–H groups in total. The van der Waals surface area contributed by atoms with Gasteiger partial charge in [0.1, 0.15) is 12.0 Å². The molecule has 0 amide bonds. The molecule has 1 aromatic rings. The largest absolute Gasteiger partial charge is 0.378 e. The molecule has 18 heavy (non-hydrogen) atoms. The first-order chi connectivity index (χ1) is 8.61. The van der Waals surface area contributed by atoms with Crippen molar-refractivity contribution in [3.8, 4) is 0 Å². The van der Waals surface area contributed by atoms with Crippen LogP contribution in [0.4, 0.5) is 11.5 Å². The van der Waals surface area contributed by atoms with Gasteiger partial charge in [-0.05, 0) is 12.5 Å². The predicted molar refractivity (Wildman–Crippen MR) is 66.7 cm³/mol. The Balaban J connectivity index is 2.12. The van der Waals surface area contributed by atoms with E-state index in [0.29, 0.717) is 5.82 Å². The molecule has 0 aromatic carbocycles. The molecule has 98 valence electrons. The quantitative estimate of drug-likeness (QED) is 0.605. The summed E-state index contributed by atoms with van der Waals surface area (Å²) in [6.07, 6.45) is 1.35. The van der Waals surface area contributed by atoms with Crippen molar-refractivity contribution >= 4 is 11.5 Å². The first-order valence-corrected chi connectivity index (χ1v) is 5.73. The topological polar surface area (TPSA) is 89.3 Å². The smallest absolute Gasteiger partial charge is 0.287 e. The van der Waals surface area contributed by atoms with E-state index < -0.39 is 4.92 Å². The van der Waals surface area contributed by atoms with Gasteiger partial charge in [0.2, 0.25) is 0 Å². The molecule has 0 bridgehead atoms. The number of nitrogens with one attached hydrogen (secondary N) is 2. The maximum absolute atomic E-state index is 10.6. The highest BCUT2D eigenvalue weighted by Crippen LogP contribution is 2.20. The fraction of sp³-hybridized carbons (Fsp3) is 0.545. The van der Waals surface area contributed by atoms with Crippen LogP contribution in [-0.2, 0) is 4.74 Å². The fourth-order valence-corrected chi connectivity index (χ4v) is 2.03. The van der Waals surface area contributed by atoms with Crippen LogP contribution >= 0.6 is 0 Å². The van der Waals surface area contributed by atoms with Gasteiger partial charge in [0.15, 0.2) is 0 Å². The van der Waals surface area contributed by atoms with E-state index in [1.165, 1.54) is 12.3 Å². The molecule has 1 aliphatic heterocycles. The SMILES string of the molecule is CO[C@H]1CNCC1Nc1ncc([N+](=O)[O-])cc1C. The Hall–Kier alpha value is -1.73. The summed E-state index contributed by atoms with van der Waals surface area (Å²) in [6, 6.07) is 1.64. The highest BCUT2D eigenvalue weighted by atomic mass is 16.6. The Bertz CT molecular complexity index is 452. The summed E-state index contributed by atoms with van der Waals surface area (Å²) < 4.78 is 5.34. The van der Waals surface area contributed by atoms with Crippen LogP contribution in [0.5, 0.6) is 0 Å². The molecule has 1 aliphatic rings. The summed E-state index contributed by atoms with van der Waals surface area (Å²) in [5.41, 5.74) is 0.761. The number of hydrogen-bond acceptors (Lipinski definition) is 6. The number of hydrogen-bond donors (Lipinski definition) is 2. The van der Waals surface area contributed by atoms with Crippen molar-refractivity contribution in [2.45, 2.75) is 19.1 Å². The van der Waals surface area contributed by atoms with Gasteiger partial charge in [0.05, 0.1) is 17.1 Å². The Morgan fingerprint density at radius 3 is 3.00 bits per heavy atom. The Labute approximate surface area is 105 Å². The molecule has 2 heterocycles. The molecule has 2 rings (SSSR count). The minimum atomic E-state index is -0.446. The minimum Gasteiger partial charge on any atom is -0.378 e. The van der Waals surface area contributed by atoms with Crippen LogP contribution in [0.25, 0.3) is 0 Å². The van der Waals surface area contributed by atoms with E-state index >= 15 is 0 Å². The molecule has 0 aliphatic carbocycles. The van der Waals surface area contributed by atoms with Crippen molar-refractivity contribution in [3.05, 3.63) is 27.9 Å². The number of methoxy groups -OCH3 is 1. The summed E-state index contributed by atoms with van der Waals surface area (Å²) in [6.45, 7) is 3.38. The number of aryl methyl sites for hydroxylation is 1. The van der Waals surface area contributed by atoms with Gasteiger partial charge < -0.3 is 15.4 Å². The monoisotopic (exact) mass is 252 g/mol. The van der Waals surface area contributed by atoms with Crippen LogP contribution in [0, 0.1) is 17.0 Å². The number of anilines is 1. The minimum absolute atomic E-state index is 0.00545. The number of ether oxygens (including phenoxy) is 1. The molecule has 0 radical (unpaired) electrons. The summed E-state index contributed by atoms with van der Waals surface area (Å²) in [5.74, 6) is 0.663. The number of aromatic nitrogens is 1. The second kappa shape index (κ2) is 5.28. The highest BCUT2D eigenvalue weighted by molar-refractivity contribution is 5.49. The van der Waals surface area contributed by atoms with E-state index in [0.717, 1.165) is 18.7 Å². The Kier molecular flexibility index (Phi) is 3.73. The first-order valence-electron chi connectivity index (χ1n) is 5.73. The molecule has 2 atom stereocenters. The highest BCUT2D eigenvalue weighted by Gasteiger charge is 2.27. The van der Waals surface area contributed by atoms with E-state index in [9.17, 15) is 10.1 Å². The van der Waals surface area contributed by atoms with Crippen LogP contribution in [0.2, 0.25) is 0 Å². The standard InChI is InChI=1S/C11H16N4O3/c1-7-3-8(15(16)17)4-13-11(7)14-9-5-12-6-10(9)18-2/h3-4,9-10,12H,5-6H2,1-2H3,(H,13,14)/t9?,10-/m0/s1. The molecule has 0 spiro atoms. The van der Waals surface area contributed by atoms with Gasteiger partial charge in [0.25, 0.3) is 5.69 Å².